The maximum Gasteiger partial charge on any atom is 0.339 e. The summed E-state index contributed by atoms with van der Waals surface area (Å²) < 4.78 is 5.35. The zero-order chi connectivity index (χ0) is 18.7. The quantitative estimate of drug-likeness (QED) is 0.635. The molecule has 0 spiro atoms. The molecule has 0 fully saturated rings. The number of carboxylic acids is 1. The van der Waals surface area contributed by atoms with Crippen LogP contribution in [0.4, 0.5) is 5.69 Å². The molecule has 0 aliphatic heterocycles. The average Bonchev–Trinajstić information content (AvgIpc) is 2.93. The van der Waals surface area contributed by atoms with E-state index in [-0.39, 0.29) is 29.1 Å². The Morgan fingerprint density at radius 3 is 2.52 bits per heavy atom. The molecule has 0 unspecified atom stereocenters. The first-order chi connectivity index (χ1) is 11.7. The molecule has 132 valence electrons. The zero-order valence-electron chi connectivity index (χ0n) is 14.1. The molecule has 1 aromatic heterocycles. The monoisotopic (exact) mass is 346 g/mol. The van der Waals surface area contributed by atoms with Crippen LogP contribution >= 0.6 is 0 Å². The summed E-state index contributed by atoms with van der Waals surface area (Å²) >= 11 is 0. The van der Waals surface area contributed by atoms with Crippen molar-refractivity contribution in [2.75, 3.05) is 7.05 Å². The van der Waals surface area contributed by atoms with E-state index in [1.807, 2.05) is 0 Å². The summed E-state index contributed by atoms with van der Waals surface area (Å²) in [6.45, 7) is 3.38. The summed E-state index contributed by atoms with van der Waals surface area (Å²) in [5, 5.41) is 20.2. The Kier molecular flexibility index (Phi) is 5.21. The van der Waals surface area contributed by atoms with Crippen LogP contribution in [0, 0.1) is 17.0 Å². The van der Waals surface area contributed by atoms with E-state index in [9.17, 15) is 19.7 Å². The molecule has 25 heavy (non-hydrogen) atoms. The van der Waals surface area contributed by atoms with Gasteiger partial charge in [-0.15, -0.1) is 0 Å². The summed E-state index contributed by atoms with van der Waals surface area (Å²) in [5.41, 5.74) is 0.688. The van der Waals surface area contributed by atoms with Gasteiger partial charge < -0.3 is 14.4 Å². The van der Waals surface area contributed by atoms with Crippen molar-refractivity contribution in [2.24, 2.45) is 0 Å². The number of carbonyl (C=O) groups excluding carboxylic acids is 1. The standard InChI is InChI=1S/C17H18N2O6/c1-4-11-5-6-12(7-15(11)19(23)24)16(20)18(3)9-13-8-14(17(21)22)10(2)25-13/h5-8H,4,9H2,1-3H3,(H,21,22). The van der Waals surface area contributed by atoms with Gasteiger partial charge in [-0.1, -0.05) is 13.0 Å². The molecule has 8 heteroatoms. The third kappa shape index (κ3) is 3.85. The molecule has 8 nitrogen and oxygen atoms in total. The first kappa shape index (κ1) is 18.2. The van der Waals surface area contributed by atoms with E-state index in [1.54, 1.807) is 19.1 Å². The fourth-order valence-electron chi connectivity index (χ4n) is 2.53. The number of amides is 1. The molecule has 1 N–H and O–H groups in total. The Morgan fingerprint density at radius 1 is 1.32 bits per heavy atom. The lowest BCUT2D eigenvalue weighted by Crippen LogP contribution is -2.26. The van der Waals surface area contributed by atoms with Crippen molar-refractivity contribution < 1.29 is 24.0 Å². The van der Waals surface area contributed by atoms with Crippen molar-refractivity contribution in [2.45, 2.75) is 26.8 Å². The number of rotatable bonds is 6. The number of nitro benzene ring substituents is 1. The number of hydrogen-bond acceptors (Lipinski definition) is 5. The van der Waals surface area contributed by atoms with Gasteiger partial charge in [0.25, 0.3) is 11.6 Å². The first-order valence-corrected chi connectivity index (χ1v) is 7.60. The van der Waals surface area contributed by atoms with Crippen LogP contribution in [0.2, 0.25) is 0 Å². The lowest BCUT2D eigenvalue weighted by atomic mass is 10.1. The first-order valence-electron chi connectivity index (χ1n) is 7.60. The number of furan rings is 1. The maximum atomic E-state index is 12.5. The number of carbonyl (C=O) groups is 2. The highest BCUT2D eigenvalue weighted by Crippen LogP contribution is 2.22. The van der Waals surface area contributed by atoms with Gasteiger partial charge in [-0.25, -0.2) is 4.79 Å². The van der Waals surface area contributed by atoms with Crippen LogP contribution < -0.4 is 0 Å². The maximum absolute atomic E-state index is 12.5. The number of nitro groups is 1. The number of hydrogen-bond donors (Lipinski definition) is 1. The second-order valence-corrected chi connectivity index (χ2v) is 5.60. The topological polar surface area (TPSA) is 114 Å². The van der Waals surface area contributed by atoms with Crippen molar-refractivity contribution in [3.63, 3.8) is 0 Å². The van der Waals surface area contributed by atoms with E-state index in [4.69, 9.17) is 9.52 Å². The van der Waals surface area contributed by atoms with Crippen LogP contribution in [0.5, 0.6) is 0 Å². The molecular weight excluding hydrogens is 328 g/mol. The molecule has 0 saturated heterocycles. The van der Waals surface area contributed by atoms with Crippen LogP contribution in [0.25, 0.3) is 0 Å². The van der Waals surface area contributed by atoms with E-state index < -0.39 is 16.8 Å². The number of aryl methyl sites for hydroxylation is 2. The van der Waals surface area contributed by atoms with Gasteiger partial charge in [-0.3, -0.25) is 14.9 Å². The Hall–Kier alpha value is -3.16. The van der Waals surface area contributed by atoms with Crippen LogP contribution in [-0.4, -0.2) is 33.9 Å². The van der Waals surface area contributed by atoms with Crippen molar-refractivity contribution >= 4 is 17.6 Å². The molecule has 1 amide bonds. The van der Waals surface area contributed by atoms with Gasteiger partial charge in [0.1, 0.15) is 17.1 Å². The third-order valence-corrected chi connectivity index (χ3v) is 3.85. The van der Waals surface area contributed by atoms with E-state index >= 15 is 0 Å². The number of aromatic carboxylic acids is 1. The molecule has 1 heterocycles. The fraction of sp³-hybridized carbons (Fsp3) is 0.294. The van der Waals surface area contributed by atoms with Gasteiger partial charge in [0.2, 0.25) is 0 Å². The Bertz CT molecular complexity index is 840. The normalized spacial score (nSPS) is 10.5. The van der Waals surface area contributed by atoms with Crippen molar-refractivity contribution in [1.29, 1.82) is 0 Å². The number of nitrogens with zero attached hydrogens (tertiary/aromatic N) is 2. The zero-order valence-corrected chi connectivity index (χ0v) is 14.1. The van der Waals surface area contributed by atoms with E-state index in [1.165, 1.54) is 31.0 Å². The summed E-state index contributed by atoms with van der Waals surface area (Å²) in [6.07, 6.45) is 0.490. The van der Waals surface area contributed by atoms with Gasteiger partial charge in [0.15, 0.2) is 0 Å². The van der Waals surface area contributed by atoms with E-state index in [0.717, 1.165) is 0 Å². The Balaban J connectivity index is 2.22. The minimum absolute atomic E-state index is 0.0405. The smallest absolute Gasteiger partial charge is 0.339 e. The van der Waals surface area contributed by atoms with Crippen molar-refractivity contribution in [3.8, 4) is 0 Å². The molecule has 2 aromatic rings. The van der Waals surface area contributed by atoms with Crippen molar-refractivity contribution in [1.82, 2.24) is 4.90 Å². The molecule has 0 saturated carbocycles. The lowest BCUT2D eigenvalue weighted by Gasteiger charge is -2.16. The summed E-state index contributed by atoms with van der Waals surface area (Å²) in [4.78, 5) is 35.5. The van der Waals surface area contributed by atoms with Gasteiger partial charge in [-0.2, -0.15) is 0 Å². The predicted octanol–water partition coefficient (Wildman–Crippen LogP) is 3.03. The van der Waals surface area contributed by atoms with Gasteiger partial charge in [0, 0.05) is 24.2 Å². The van der Waals surface area contributed by atoms with Gasteiger partial charge >= 0.3 is 5.97 Å². The second-order valence-electron chi connectivity index (χ2n) is 5.60. The summed E-state index contributed by atoms with van der Waals surface area (Å²) in [7, 11) is 1.51. The van der Waals surface area contributed by atoms with Gasteiger partial charge in [-0.05, 0) is 25.5 Å². The minimum Gasteiger partial charge on any atom is -0.478 e. The molecule has 1 aromatic carbocycles. The SMILES string of the molecule is CCc1ccc(C(=O)N(C)Cc2cc(C(=O)O)c(C)o2)cc1[N+](=O)[O-]. The van der Waals surface area contributed by atoms with Crippen molar-refractivity contribution in [3.05, 3.63) is 62.6 Å². The predicted molar refractivity (Wildman–Crippen MR) is 88.7 cm³/mol. The highest BCUT2D eigenvalue weighted by Gasteiger charge is 2.21. The second kappa shape index (κ2) is 7.16. The van der Waals surface area contributed by atoms with Crippen LogP contribution in [-0.2, 0) is 13.0 Å². The van der Waals surface area contributed by atoms with Crippen LogP contribution in [0.3, 0.4) is 0 Å². The summed E-state index contributed by atoms with van der Waals surface area (Å²) in [6, 6.07) is 5.73. The number of benzene rings is 1. The van der Waals surface area contributed by atoms with Crippen LogP contribution in [0.15, 0.2) is 28.7 Å². The minimum atomic E-state index is -1.10. The molecule has 0 atom stereocenters. The Labute approximate surface area is 143 Å². The fourth-order valence-corrected chi connectivity index (χ4v) is 2.53. The molecule has 0 radical (unpaired) electrons. The third-order valence-electron chi connectivity index (χ3n) is 3.85. The summed E-state index contributed by atoms with van der Waals surface area (Å²) in [5.74, 6) is -0.944. The molecule has 0 aliphatic rings. The molecule has 2 rings (SSSR count). The molecule has 0 aliphatic carbocycles. The van der Waals surface area contributed by atoms with Crippen LogP contribution in [0.1, 0.15) is 44.7 Å². The average molecular weight is 346 g/mol. The number of carboxylic acid groups (broad SMARTS) is 1. The lowest BCUT2D eigenvalue weighted by molar-refractivity contribution is -0.385. The Morgan fingerprint density at radius 2 is 2.00 bits per heavy atom. The van der Waals surface area contributed by atoms with Gasteiger partial charge in [0.05, 0.1) is 11.5 Å². The molecule has 0 bridgehead atoms. The largest absolute Gasteiger partial charge is 0.478 e. The highest BCUT2D eigenvalue weighted by molar-refractivity contribution is 5.95. The molecular formula is C17H18N2O6. The van der Waals surface area contributed by atoms with E-state index in [0.29, 0.717) is 17.7 Å². The van der Waals surface area contributed by atoms with E-state index in [2.05, 4.69) is 0 Å². The highest BCUT2D eigenvalue weighted by atomic mass is 16.6.